The van der Waals surface area contributed by atoms with E-state index in [1.807, 2.05) is 11.8 Å². The zero-order valence-corrected chi connectivity index (χ0v) is 7.41. The van der Waals surface area contributed by atoms with Crippen LogP contribution >= 0.6 is 11.8 Å². The maximum Gasteiger partial charge on any atom is 0.0487 e. The zero-order valence-electron chi connectivity index (χ0n) is 6.60. The number of aliphatic hydroxyl groups is 1. The molecule has 0 amide bonds. The average Bonchev–Trinajstić information content (AvgIpc) is 1.87. The Balaban J connectivity index is 2.20. The van der Waals surface area contributed by atoms with Crippen LogP contribution in [0.5, 0.6) is 0 Å². The van der Waals surface area contributed by atoms with Crippen molar-refractivity contribution in [1.29, 1.82) is 0 Å². The molecule has 0 saturated heterocycles. The van der Waals surface area contributed by atoms with Crippen LogP contribution in [0.2, 0.25) is 0 Å². The van der Waals surface area contributed by atoms with Crippen LogP contribution in [0.1, 0.15) is 25.7 Å². The molecule has 0 unspecified atom stereocenters. The normalized spacial score (nSPS) is 22.2. The molecule has 0 heterocycles. The van der Waals surface area contributed by atoms with Crippen LogP contribution in [0.3, 0.4) is 0 Å². The predicted molar refractivity (Wildman–Crippen MR) is 46.4 cm³/mol. The van der Waals surface area contributed by atoms with Crippen LogP contribution in [0.25, 0.3) is 0 Å². The van der Waals surface area contributed by atoms with Gasteiger partial charge in [0.15, 0.2) is 0 Å². The van der Waals surface area contributed by atoms with Crippen molar-refractivity contribution >= 4 is 11.8 Å². The highest BCUT2D eigenvalue weighted by Crippen LogP contribution is 2.43. The first-order chi connectivity index (χ1) is 4.83. The Kier molecular flexibility index (Phi) is 3.05. The first kappa shape index (κ1) is 8.41. The summed E-state index contributed by atoms with van der Waals surface area (Å²) in [5.74, 6) is 1.21. The molecule has 0 aromatic heterocycles. The summed E-state index contributed by atoms with van der Waals surface area (Å²) in [6.07, 6.45) is 7.18. The highest BCUT2D eigenvalue weighted by atomic mass is 32.2. The Morgan fingerprint density at radius 1 is 1.50 bits per heavy atom. The fourth-order valence-electron chi connectivity index (χ4n) is 1.48. The smallest absolute Gasteiger partial charge is 0.0487 e. The predicted octanol–water partition coefficient (Wildman–Crippen LogP) is 1.90. The van der Waals surface area contributed by atoms with Crippen LogP contribution in [-0.2, 0) is 0 Å². The summed E-state index contributed by atoms with van der Waals surface area (Å²) >= 11 is 1.88. The minimum atomic E-state index is 0.350. The number of thioether (sulfide) groups is 1. The standard InChI is InChI=1S/C8H16OS/c1-10-6-5-8(7-9)3-2-4-8/h9H,2-7H2,1H3. The molecule has 2 heteroatoms. The fraction of sp³-hybridized carbons (Fsp3) is 1.00. The molecule has 0 bridgehead atoms. The van der Waals surface area contributed by atoms with Gasteiger partial charge in [-0.3, -0.25) is 0 Å². The van der Waals surface area contributed by atoms with Crippen LogP contribution in [0.15, 0.2) is 0 Å². The van der Waals surface area contributed by atoms with Gasteiger partial charge in [0, 0.05) is 6.61 Å². The molecule has 0 atom stereocenters. The number of hydrogen-bond acceptors (Lipinski definition) is 2. The van der Waals surface area contributed by atoms with Gasteiger partial charge in [0.2, 0.25) is 0 Å². The Hall–Kier alpha value is 0.310. The van der Waals surface area contributed by atoms with Gasteiger partial charge in [-0.1, -0.05) is 6.42 Å². The quantitative estimate of drug-likeness (QED) is 0.678. The van der Waals surface area contributed by atoms with E-state index < -0.39 is 0 Å². The van der Waals surface area contributed by atoms with E-state index in [0.29, 0.717) is 12.0 Å². The van der Waals surface area contributed by atoms with E-state index >= 15 is 0 Å². The van der Waals surface area contributed by atoms with Crippen molar-refractivity contribution in [2.45, 2.75) is 25.7 Å². The molecule has 1 fully saturated rings. The Labute approximate surface area is 67.2 Å². The molecule has 0 radical (unpaired) electrons. The van der Waals surface area contributed by atoms with Crippen molar-refractivity contribution in [3.63, 3.8) is 0 Å². The van der Waals surface area contributed by atoms with Gasteiger partial charge in [-0.05, 0) is 36.7 Å². The largest absolute Gasteiger partial charge is 0.396 e. The van der Waals surface area contributed by atoms with Crippen molar-refractivity contribution in [2.75, 3.05) is 18.6 Å². The second-order valence-electron chi connectivity index (χ2n) is 3.25. The van der Waals surface area contributed by atoms with Crippen molar-refractivity contribution in [2.24, 2.45) is 5.41 Å². The molecule has 0 aromatic rings. The van der Waals surface area contributed by atoms with E-state index in [2.05, 4.69) is 6.26 Å². The summed E-state index contributed by atoms with van der Waals surface area (Å²) in [7, 11) is 0. The molecule has 1 N–H and O–H groups in total. The highest BCUT2D eigenvalue weighted by Gasteiger charge is 2.35. The Bertz CT molecular complexity index is 93.9. The van der Waals surface area contributed by atoms with Crippen LogP contribution in [0.4, 0.5) is 0 Å². The highest BCUT2D eigenvalue weighted by molar-refractivity contribution is 7.98. The summed E-state index contributed by atoms with van der Waals surface area (Å²) in [5.41, 5.74) is 0.350. The minimum absolute atomic E-state index is 0.350. The van der Waals surface area contributed by atoms with E-state index in [4.69, 9.17) is 5.11 Å². The molecule has 0 aliphatic heterocycles. The van der Waals surface area contributed by atoms with Gasteiger partial charge >= 0.3 is 0 Å². The van der Waals surface area contributed by atoms with Gasteiger partial charge in [-0.15, -0.1) is 0 Å². The second kappa shape index (κ2) is 3.63. The van der Waals surface area contributed by atoms with E-state index in [1.54, 1.807) is 0 Å². The summed E-state index contributed by atoms with van der Waals surface area (Å²) in [6, 6.07) is 0. The molecule has 0 spiro atoms. The first-order valence-corrected chi connectivity index (χ1v) is 5.32. The van der Waals surface area contributed by atoms with E-state index in [0.717, 1.165) is 0 Å². The van der Waals surface area contributed by atoms with Gasteiger partial charge in [-0.2, -0.15) is 11.8 Å². The van der Waals surface area contributed by atoms with Gasteiger partial charge in [-0.25, -0.2) is 0 Å². The van der Waals surface area contributed by atoms with Gasteiger partial charge in [0.1, 0.15) is 0 Å². The maximum atomic E-state index is 9.05. The molecular formula is C8H16OS. The molecular weight excluding hydrogens is 144 g/mol. The summed E-state index contributed by atoms with van der Waals surface area (Å²) in [5, 5.41) is 9.05. The lowest BCUT2D eigenvalue weighted by molar-refractivity contribution is 0.0422. The van der Waals surface area contributed by atoms with E-state index in [9.17, 15) is 0 Å². The monoisotopic (exact) mass is 160 g/mol. The van der Waals surface area contributed by atoms with E-state index in [-0.39, 0.29) is 0 Å². The minimum Gasteiger partial charge on any atom is -0.396 e. The molecule has 1 saturated carbocycles. The van der Waals surface area contributed by atoms with Crippen LogP contribution in [0, 0.1) is 5.41 Å². The number of hydrogen-bond donors (Lipinski definition) is 1. The molecule has 1 rings (SSSR count). The maximum absolute atomic E-state index is 9.05. The number of aliphatic hydroxyl groups excluding tert-OH is 1. The Morgan fingerprint density at radius 3 is 2.50 bits per heavy atom. The van der Waals surface area contributed by atoms with Crippen LogP contribution in [-0.4, -0.2) is 23.7 Å². The SMILES string of the molecule is CSCCC1(CO)CCC1. The van der Waals surface area contributed by atoms with Gasteiger partial charge < -0.3 is 5.11 Å². The third kappa shape index (κ3) is 1.67. The summed E-state index contributed by atoms with van der Waals surface area (Å²) in [4.78, 5) is 0. The van der Waals surface area contributed by atoms with Crippen molar-refractivity contribution < 1.29 is 5.11 Å². The molecule has 1 nitrogen and oxygen atoms in total. The summed E-state index contributed by atoms with van der Waals surface area (Å²) < 4.78 is 0. The topological polar surface area (TPSA) is 20.2 Å². The lowest BCUT2D eigenvalue weighted by Gasteiger charge is -2.40. The third-order valence-corrected chi connectivity index (χ3v) is 3.20. The molecule has 1 aliphatic carbocycles. The first-order valence-electron chi connectivity index (χ1n) is 3.93. The number of rotatable bonds is 4. The lowest BCUT2D eigenvalue weighted by atomic mass is 9.68. The fourth-order valence-corrected chi connectivity index (χ4v) is 2.12. The molecule has 10 heavy (non-hydrogen) atoms. The molecule has 60 valence electrons. The summed E-state index contributed by atoms with van der Waals surface area (Å²) in [6.45, 7) is 0.410. The third-order valence-electron chi connectivity index (χ3n) is 2.59. The van der Waals surface area contributed by atoms with Crippen molar-refractivity contribution in [3.8, 4) is 0 Å². The van der Waals surface area contributed by atoms with Crippen LogP contribution < -0.4 is 0 Å². The molecule has 0 aromatic carbocycles. The zero-order chi connectivity index (χ0) is 7.45. The van der Waals surface area contributed by atoms with Crippen molar-refractivity contribution in [3.05, 3.63) is 0 Å². The lowest BCUT2D eigenvalue weighted by Crippen LogP contribution is -2.33. The Morgan fingerprint density at radius 2 is 2.20 bits per heavy atom. The van der Waals surface area contributed by atoms with E-state index in [1.165, 1.54) is 31.4 Å². The van der Waals surface area contributed by atoms with Gasteiger partial charge in [0.05, 0.1) is 0 Å². The van der Waals surface area contributed by atoms with Crippen molar-refractivity contribution in [1.82, 2.24) is 0 Å². The molecule has 1 aliphatic rings. The van der Waals surface area contributed by atoms with Gasteiger partial charge in [0.25, 0.3) is 0 Å². The average molecular weight is 160 g/mol. The second-order valence-corrected chi connectivity index (χ2v) is 4.24.